The normalized spacial score (nSPS) is 10.8. The first-order valence-corrected chi connectivity index (χ1v) is 8.25. The monoisotopic (exact) mass is 355 g/mol. The molecule has 2 aromatic carbocycles. The van der Waals surface area contributed by atoms with Crippen molar-refractivity contribution in [2.75, 3.05) is 5.32 Å². The summed E-state index contributed by atoms with van der Waals surface area (Å²) in [6.07, 6.45) is 0.147. The van der Waals surface area contributed by atoms with Crippen LogP contribution in [0, 0.1) is 25.5 Å². The number of hydrogen-bond donors (Lipinski definition) is 1. The topological polar surface area (TPSA) is 46.9 Å². The fraction of sp³-hybridized carbons (Fsp3) is 0.200. The van der Waals surface area contributed by atoms with E-state index in [4.69, 9.17) is 0 Å². The number of benzene rings is 2. The van der Waals surface area contributed by atoms with Gasteiger partial charge in [0.2, 0.25) is 5.91 Å². The molecule has 0 saturated carbocycles. The zero-order valence-electron chi connectivity index (χ0n) is 14.6. The van der Waals surface area contributed by atoms with Crippen molar-refractivity contribution >= 4 is 11.6 Å². The Morgan fingerprint density at radius 2 is 1.77 bits per heavy atom. The fourth-order valence-electron chi connectivity index (χ4n) is 2.81. The minimum absolute atomic E-state index is 0.147. The molecule has 134 valence electrons. The number of carbonyl (C=O) groups excluding carboxylic acids is 1. The van der Waals surface area contributed by atoms with Crippen LogP contribution in [-0.2, 0) is 17.8 Å². The number of amides is 1. The van der Waals surface area contributed by atoms with Crippen molar-refractivity contribution in [3.8, 4) is 0 Å². The van der Waals surface area contributed by atoms with Gasteiger partial charge in [-0.1, -0.05) is 24.3 Å². The first-order chi connectivity index (χ1) is 12.4. The highest BCUT2D eigenvalue weighted by atomic mass is 19.1. The number of carbonyl (C=O) groups is 1. The van der Waals surface area contributed by atoms with E-state index in [2.05, 4.69) is 10.4 Å². The lowest BCUT2D eigenvalue weighted by Gasteiger charge is -2.08. The molecule has 4 nitrogen and oxygen atoms in total. The Morgan fingerprint density at radius 1 is 1.04 bits per heavy atom. The molecule has 1 amide bonds. The Kier molecular flexibility index (Phi) is 5.11. The van der Waals surface area contributed by atoms with Crippen LogP contribution in [0.5, 0.6) is 0 Å². The van der Waals surface area contributed by atoms with Gasteiger partial charge in [-0.3, -0.25) is 9.48 Å². The maximum absolute atomic E-state index is 13.3. The average Bonchev–Trinajstić information content (AvgIpc) is 2.84. The van der Waals surface area contributed by atoms with Gasteiger partial charge in [0.05, 0.1) is 30.0 Å². The van der Waals surface area contributed by atoms with E-state index in [-0.39, 0.29) is 24.0 Å². The Hall–Kier alpha value is -3.02. The standard InChI is InChI=1S/C20H19F2N3O/c1-13-20(23-19(26)11-15-6-8-17(21)9-7-15)14(2)25(24-13)12-16-4-3-5-18(22)10-16/h3-10H,11-12H2,1-2H3,(H,23,26). The molecule has 3 rings (SSSR count). The summed E-state index contributed by atoms with van der Waals surface area (Å²) in [7, 11) is 0. The summed E-state index contributed by atoms with van der Waals surface area (Å²) in [4.78, 5) is 12.3. The van der Waals surface area contributed by atoms with Crippen LogP contribution in [0.2, 0.25) is 0 Å². The summed E-state index contributed by atoms with van der Waals surface area (Å²) < 4.78 is 28.0. The first-order valence-electron chi connectivity index (χ1n) is 8.25. The van der Waals surface area contributed by atoms with E-state index in [1.54, 1.807) is 22.9 Å². The molecule has 1 heterocycles. The van der Waals surface area contributed by atoms with E-state index in [1.165, 1.54) is 24.3 Å². The van der Waals surface area contributed by atoms with Crippen LogP contribution in [0.1, 0.15) is 22.5 Å². The smallest absolute Gasteiger partial charge is 0.228 e. The van der Waals surface area contributed by atoms with Gasteiger partial charge in [0.25, 0.3) is 0 Å². The highest BCUT2D eigenvalue weighted by Crippen LogP contribution is 2.21. The minimum Gasteiger partial charge on any atom is -0.323 e. The predicted molar refractivity (Wildman–Crippen MR) is 95.9 cm³/mol. The van der Waals surface area contributed by atoms with Crippen molar-refractivity contribution in [2.45, 2.75) is 26.8 Å². The summed E-state index contributed by atoms with van der Waals surface area (Å²) >= 11 is 0. The third kappa shape index (κ3) is 4.14. The maximum Gasteiger partial charge on any atom is 0.228 e. The van der Waals surface area contributed by atoms with Gasteiger partial charge in [-0.2, -0.15) is 5.10 Å². The molecule has 26 heavy (non-hydrogen) atoms. The van der Waals surface area contributed by atoms with E-state index in [0.29, 0.717) is 17.9 Å². The molecule has 0 aliphatic heterocycles. The summed E-state index contributed by atoms with van der Waals surface area (Å²) in [6, 6.07) is 12.2. The van der Waals surface area contributed by atoms with E-state index in [9.17, 15) is 13.6 Å². The number of aryl methyl sites for hydroxylation is 1. The lowest BCUT2D eigenvalue weighted by molar-refractivity contribution is -0.115. The second-order valence-corrected chi connectivity index (χ2v) is 6.18. The summed E-state index contributed by atoms with van der Waals surface area (Å²) in [5, 5.41) is 7.31. The second kappa shape index (κ2) is 7.47. The molecule has 0 aliphatic rings. The van der Waals surface area contributed by atoms with Crippen LogP contribution in [0.25, 0.3) is 0 Å². The summed E-state index contributed by atoms with van der Waals surface area (Å²) in [5.41, 5.74) is 3.64. The molecule has 0 atom stereocenters. The predicted octanol–water partition coefficient (Wildman–Crippen LogP) is 4.01. The van der Waals surface area contributed by atoms with Gasteiger partial charge in [-0.05, 0) is 49.2 Å². The number of anilines is 1. The van der Waals surface area contributed by atoms with Crippen LogP contribution in [0.4, 0.5) is 14.5 Å². The molecule has 6 heteroatoms. The van der Waals surface area contributed by atoms with E-state index >= 15 is 0 Å². The summed E-state index contributed by atoms with van der Waals surface area (Å²) in [5.74, 6) is -0.829. The van der Waals surface area contributed by atoms with Gasteiger partial charge in [0.15, 0.2) is 0 Å². The molecular formula is C20H19F2N3O. The van der Waals surface area contributed by atoms with Gasteiger partial charge in [-0.15, -0.1) is 0 Å². The van der Waals surface area contributed by atoms with Gasteiger partial charge in [0.1, 0.15) is 11.6 Å². The molecule has 0 radical (unpaired) electrons. The largest absolute Gasteiger partial charge is 0.323 e. The van der Waals surface area contributed by atoms with Crippen molar-refractivity contribution in [2.24, 2.45) is 0 Å². The molecule has 0 spiro atoms. The number of halogens is 2. The van der Waals surface area contributed by atoms with Crippen LogP contribution < -0.4 is 5.32 Å². The molecule has 0 bridgehead atoms. The van der Waals surface area contributed by atoms with Crippen LogP contribution >= 0.6 is 0 Å². The van der Waals surface area contributed by atoms with E-state index < -0.39 is 0 Å². The van der Waals surface area contributed by atoms with E-state index in [1.807, 2.05) is 19.9 Å². The van der Waals surface area contributed by atoms with Crippen LogP contribution in [-0.4, -0.2) is 15.7 Å². The third-order valence-electron chi connectivity index (χ3n) is 4.15. The van der Waals surface area contributed by atoms with Crippen molar-refractivity contribution < 1.29 is 13.6 Å². The Bertz CT molecular complexity index is 933. The van der Waals surface area contributed by atoms with Crippen molar-refractivity contribution in [1.82, 2.24) is 9.78 Å². The van der Waals surface area contributed by atoms with Gasteiger partial charge < -0.3 is 5.32 Å². The number of rotatable bonds is 5. The maximum atomic E-state index is 13.3. The molecule has 0 aliphatic carbocycles. The summed E-state index contributed by atoms with van der Waals surface area (Å²) in [6.45, 7) is 4.08. The first kappa shape index (κ1) is 17.8. The van der Waals surface area contributed by atoms with Crippen LogP contribution in [0.3, 0.4) is 0 Å². The molecule has 3 aromatic rings. The fourth-order valence-corrected chi connectivity index (χ4v) is 2.81. The van der Waals surface area contributed by atoms with Gasteiger partial charge >= 0.3 is 0 Å². The molecule has 0 saturated heterocycles. The zero-order valence-corrected chi connectivity index (χ0v) is 14.6. The van der Waals surface area contributed by atoms with Crippen molar-refractivity contribution in [3.05, 3.63) is 82.7 Å². The van der Waals surface area contributed by atoms with Crippen molar-refractivity contribution in [1.29, 1.82) is 0 Å². The van der Waals surface area contributed by atoms with Gasteiger partial charge in [0, 0.05) is 0 Å². The third-order valence-corrected chi connectivity index (χ3v) is 4.15. The SMILES string of the molecule is Cc1nn(Cc2cccc(F)c2)c(C)c1NC(=O)Cc1ccc(F)cc1. The average molecular weight is 355 g/mol. The Balaban J connectivity index is 1.73. The molecule has 1 aromatic heterocycles. The number of nitrogens with one attached hydrogen (secondary N) is 1. The number of nitrogens with zero attached hydrogens (tertiary/aromatic N) is 2. The Morgan fingerprint density at radius 3 is 2.46 bits per heavy atom. The molecular weight excluding hydrogens is 336 g/mol. The number of aromatic nitrogens is 2. The lowest BCUT2D eigenvalue weighted by Crippen LogP contribution is -2.15. The lowest BCUT2D eigenvalue weighted by atomic mass is 10.1. The zero-order chi connectivity index (χ0) is 18.7. The number of hydrogen-bond acceptors (Lipinski definition) is 2. The highest BCUT2D eigenvalue weighted by molar-refractivity contribution is 5.93. The minimum atomic E-state index is -0.334. The quantitative estimate of drug-likeness (QED) is 0.752. The van der Waals surface area contributed by atoms with Crippen LogP contribution in [0.15, 0.2) is 48.5 Å². The van der Waals surface area contributed by atoms with Crippen molar-refractivity contribution in [3.63, 3.8) is 0 Å². The highest BCUT2D eigenvalue weighted by Gasteiger charge is 2.15. The van der Waals surface area contributed by atoms with E-state index in [0.717, 1.165) is 16.8 Å². The second-order valence-electron chi connectivity index (χ2n) is 6.18. The molecule has 0 unspecified atom stereocenters. The Labute approximate surface area is 150 Å². The molecule has 1 N–H and O–H groups in total. The molecule has 0 fully saturated rings. The van der Waals surface area contributed by atoms with Gasteiger partial charge in [-0.25, -0.2) is 8.78 Å².